The minimum Gasteiger partial charge on any atom is -0.370 e. The van der Waals surface area contributed by atoms with Crippen molar-refractivity contribution in [3.8, 4) is 0 Å². The van der Waals surface area contributed by atoms with Gasteiger partial charge in [-0.2, -0.15) is 4.99 Å². The fraction of sp³-hybridized carbons (Fsp3) is 0.111. The third-order valence-electron chi connectivity index (χ3n) is 2.22. The molecule has 6 N–H and O–H groups in total. The molecule has 0 heterocycles. The van der Waals surface area contributed by atoms with Gasteiger partial charge in [-0.1, -0.05) is 0 Å². The molecule has 0 aliphatic carbocycles. The number of non-ortho nitro benzene ring substituents is 1. The van der Waals surface area contributed by atoms with Crippen LogP contribution >= 0.6 is 0 Å². The molecule has 0 aliphatic heterocycles. The first-order chi connectivity index (χ1) is 9.22. The van der Waals surface area contributed by atoms with E-state index in [2.05, 4.69) is 9.98 Å². The number of nitrogens with zero attached hydrogens (tertiary/aromatic N) is 4. The SMILES string of the molecule is Cc1c(N=C(N)N=C(N)N)cc([N+](=O)[O-])cc1[N+](=O)[O-]. The number of benzene rings is 1. The van der Waals surface area contributed by atoms with Crippen LogP contribution in [0.3, 0.4) is 0 Å². The number of nitro groups is 2. The van der Waals surface area contributed by atoms with E-state index in [9.17, 15) is 20.2 Å². The Labute approximate surface area is 112 Å². The molecular formula is C9H11N7O4. The first kappa shape index (κ1) is 14.8. The maximum absolute atomic E-state index is 10.8. The number of rotatable bonds is 3. The average molecular weight is 281 g/mol. The lowest BCUT2D eigenvalue weighted by Crippen LogP contribution is -2.26. The van der Waals surface area contributed by atoms with Gasteiger partial charge in [-0.25, -0.2) is 4.99 Å². The third kappa shape index (κ3) is 3.38. The van der Waals surface area contributed by atoms with Crippen molar-refractivity contribution in [3.63, 3.8) is 0 Å². The fourth-order valence-electron chi connectivity index (χ4n) is 1.36. The molecule has 0 amide bonds. The molecular weight excluding hydrogens is 270 g/mol. The Morgan fingerprint density at radius 2 is 1.75 bits per heavy atom. The van der Waals surface area contributed by atoms with E-state index >= 15 is 0 Å². The van der Waals surface area contributed by atoms with Crippen molar-refractivity contribution in [2.24, 2.45) is 27.2 Å². The van der Waals surface area contributed by atoms with Crippen LogP contribution in [0.15, 0.2) is 22.1 Å². The molecule has 0 unspecified atom stereocenters. The Bertz CT molecular complexity index is 633. The minimum absolute atomic E-state index is 0.0617. The summed E-state index contributed by atoms with van der Waals surface area (Å²) in [5.41, 5.74) is 14.7. The van der Waals surface area contributed by atoms with E-state index < -0.39 is 21.2 Å². The van der Waals surface area contributed by atoms with Crippen LogP contribution in [0.25, 0.3) is 0 Å². The summed E-state index contributed by atoms with van der Waals surface area (Å²) in [6, 6.07) is 1.88. The van der Waals surface area contributed by atoms with Gasteiger partial charge in [0.15, 0.2) is 5.96 Å². The van der Waals surface area contributed by atoms with Gasteiger partial charge in [0.1, 0.15) is 0 Å². The molecule has 0 aliphatic rings. The maximum Gasteiger partial charge on any atom is 0.281 e. The van der Waals surface area contributed by atoms with Crippen molar-refractivity contribution in [1.29, 1.82) is 0 Å². The minimum atomic E-state index is -0.776. The predicted molar refractivity (Wildman–Crippen MR) is 71.6 cm³/mol. The molecule has 11 heteroatoms. The second kappa shape index (κ2) is 5.60. The molecule has 0 spiro atoms. The van der Waals surface area contributed by atoms with Gasteiger partial charge >= 0.3 is 0 Å². The summed E-state index contributed by atoms with van der Waals surface area (Å²) >= 11 is 0. The highest BCUT2D eigenvalue weighted by atomic mass is 16.6. The second-order valence-corrected chi connectivity index (χ2v) is 3.63. The van der Waals surface area contributed by atoms with Crippen LogP contribution in [0.4, 0.5) is 17.1 Å². The molecule has 0 bridgehead atoms. The van der Waals surface area contributed by atoms with Crippen molar-refractivity contribution in [2.75, 3.05) is 0 Å². The van der Waals surface area contributed by atoms with Gasteiger partial charge < -0.3 is 17.2 Å². The maximum atomic E-state index is 10.8. The number of guanidine groups is 2. The van der Waals surface area contributed by atoms with Gasteiger partial charge in [0.2, 0.25) is 5.96 Å². The number of hydrogen-bond donors (Lipinski definition) is 3. The zero-order valence-electron chi connectivity index (χ0n) is 10.3. The molecule has 1 aromatic carbocycles. The molecule has 11 nitrogen and oxygen atoms in total. The third-order valence-corrected chi connectivity index (χ3v) is 2.22. The van der Waals surface area contributed by atoms with E-state index in [-0.39, 0.29) is 23.2 Å². The zero-order valence-corrected chi connectivity index (χ0v) is 10.3. The van der Waals surface area contributed by atoms with Gasteiger partial charge in [-0.15, -0.1) is 0 Å². The highest BCUT2D eigenvalue weighted by molar-refractivity contribution is 5.94. The molecule has 20 heavy (non-hydrogen) atoms. The molecule has 1 rings (SSSR count). The van der Waals surface area contributed by atoms with Crippen molar-refractivity contribution in [3.05, 3.63) is 37.9 Å². The summed E-state index contributed by atoms with van der Waals surface area (Å²) in [7, 11) is 0. The zero-order chi connectivity index (χ0) is 15.4. The van der Waals surface area contributed by atoms with Crippen LogP contribution in [0.2, 0.25) is 0 Å². The molecule has 0 atom stereocenters. The highest BCUT2D eigenvalue weighted by Crippen LogP contribution is 2.33. The molecule has 0 saturated heterocycles. The monoisotopic (exact) mass is 281 g/mol. The summed E-state index contributed by atoms with van der Waals surface area (Å²) in [4.78, 5) is 27.2. The largest absolute Gasteiger partial charge is 0.370 e. The molecule has 0 radical (unpaired) electrons. The lowest BCUT2D eigenvalue weighted by molar-refractivity contribution is -0.394. The quantitative estimate of drug-likeness (QED) is 0.301. The number of aliphatic imine (C=N–C) groups is 2. The summed E-state index contributed by atoms with van der Waals surface area (Å²) in [6.45, 7) is 1.38. The van der Waals surface area contributed by atoms with E-state index in [4.69, 9.17) is 17.2 Å². The standard InChI is InChI=1S/C9H11N7O4/c1-4-6(13-9(12)14-8(10)11)2-5(15(17)18)3-7(4)16(19)20/h2-3H,1H3,(H6,10,11,12,13,14). The van der Waals surface area contributed by atoms with Crippen LogP contribution < -0.4 is 17.2 Å². The summed E-state index contributed by atoms with van der Waals surface area (Å²) in [5, 5.41) is 21.6. The van der Waals surface area contributed by atoms with Crippen molar-refractivity contribution < 1.29 is 9.85 Å². The van der Waals surface area contributed by atoms with Gasteiger partial charge in [0, 0.05) is 6.07 Å². The van der Waals surface area contributed by atoms with Gasteiger partial charge in [-0.3, -0.25) is 20.2 Å². The normalized spacial score (nSPS) is 10.9. The summed E-state index contributed by atoms with van der Waals surface area (Å²) in [5.74, 6) is -0.730. The molecule has 0 saturated carbocycles. The number of nitrogens with two attached hydrogens (primary N) is 3. The van der Waals surface area contributed by atoms with Crippen LogP contribution in [0.5, 0.6) is 0 Å². The summed E-state index contributed by atoms with van der Waals surface area (Å²) in [6.07, 6.45) is 0. The van der Waals surface area contributed by atoms with Gasteiger partial charge in [0.25, 0.3) is 11.4 Å². The fourth-order valence-corrected chi connectivity index (χ4v) is 1.36. The van der Waals surface area contributed by atoms with Gasteiger partial charge in [-0.05, 0) is 6.92 Å². The Balaban J connectivity index is 3.50. The van der Waals surface area contributed by atoms with Crippen LogP contribution in [0, 0.1) is 27.2 Å². The lowest BCUT2D eigenvalue weighted by Gasteiger charge is -2.02. The van der Waals surface area contributed by atoms with E-state index in [1.807, 2.05) is 0 Å². The van der Waals surface area contributed by atoms with Crippen molar-refractivity contribution >= 4 is 29.0 Å². The van der Waals surface area contributed by atoms with Crippen LogP contribution in [-0.4, -0.2) is 21.8 Å². The summed E-state index contributed by atoms with van der Waals surface area (Å²) < 4.78 is 0. The van der Waals surface area contributed by atoms with E-state index in [0.717, 1.165) is 12.1 Å². The second-order valence-electron chi connectivity index (χ2n) is 3.63. The van der Waals surface area contributed by atoms with E-state index in [0.29, 0.717) is 0 Å². The van der Waals surface area contributed by atoms with Crippen molar-refractivity contribution in [1.82, 2.24) is 0 Å². The van der Waals surface area contributed by atoms with E-state index in [1.165, 1.54) is 6.92 Å². The number of nitro benzene ring substituents is 2. The Morgan fingerprint density at radius 1 is 1.15 bits per heavy atom. The van der Waals surface area contributed by atoms with Crippen LogP contribution in [0.1, 0.15) is 5.56 Å². The topological polar surface area (TPSA) is 189 Å². The Hall–Kier alpha value is -3.24. The smallest absolute Gasteiger partial charge is 0.281 e. The first-order valence-corrected chi connectivity index (χ1v) is 5.09. The van der Waals surface area contributed by atoms with Gasteiger partial charge in [0.05, 0.1) is 27.2 Å². The molecule has 0 fully saturated rings. The van der Waals surface area contributed by atoms with Crippen LogP contribution in [-0.2, 0) is 0 Å². The molecule has 1 aromatic rings. The first-order valence-electron chi connectivity index (χ1n) is 5.09. The number of hydrogen-bond acceptors (Lipinski definition) is 5. The predicted octanol–water partition coefficient (Wildman–Crippen LogP) is 0.0310. The Morgan fingerprint density at radius 3 is 2.20 bits per heavy atom. The Kier molecular flexibility index (Phi) is 4.15. The van der Waals surface area contributed by atoms with E-state index in [1.54, 1.807) is 0 Å². The highest BCUT2D eigenvalue weighted by Gasteiger charge is 2.21. The van der Waals surface area contributed by atoms with Crippen molar-refractivity contribution in [2.45, 2.75) is 6.92 Å². The molecule has 106 valence electrons. The molecule has 0 aromatic heterocycles. The lowest BCUT2D eigenvalue weighted by atomic mass is 10.1. The average Bonchev–Trinajstić information content (AvgIpc) is 2.29.